The molecule has 1 saturated carbocycles. The van der Waals surface area contributed by atoms with E-state index in [1.165, 1.54) is 17.0 Å². The summed E-state index contributed by atoms with van der Waals surface area (Å²) in [4.78, 5) is 15.9. The summed E-state index contributed by atoms with van der Waals surface area (Å²) in [7, 11) is 1.86. The van der Waals surface area contributed by atoms with Crippen molar-refractivity contribution >= 4 is 5.52 Å². The molecule has 2 aliphatic rings. The fraction of sp³-hybridized carbons (Fsp3) is 0.467. The van der Waals surface area contributed by atoms with Gasteiger partial charge >= 0.3 is 11.9 Å². The number of pyridine rings is 1. The first-order valence-corrected chi connectivity index (χ1v) is 14.1. The zero-order valence-electron chi connectivity index (χ0n) is 23.1. The zero-order valence-corrected chi connectivity index (χ0v) is 23.1. The van der Waals surface area contributed by atoms with Crippen LogP contribution in [0.4, 0.5) is 13.2 Å². The summed E-state index contributed by atoms with van der Waals surface area (Å²) in [5.74, 6) is 1.37. The first kappa shape index (κ1) is 27.3. The molecule has 6 rings (SSSR count). The number of alkyl halides is 3. The topological polar surface area (TPSA) is 84.2 Å². The predicted molar refractivity (Wildman–Crippen MR) is 147 cm³/mol. The van der Waals surface area contributed by atoms with Crippen LogP contribution in [0.5, 0.6) is 0 Å². The van der Waals surface area contributed by atoms with Gasteiger partial charge in [0.25, 0.3) is 0 Å². The number of benzene rings is 1. The van der Waals surface area contributed by atoms with Gasteiger partial charge in [0, 0.05) is 38.4 Å². The van der Waals surface area contributed by atoms with Gasteiger partial charge in [-0.1, -0.05) is 13.3 Å². The Morgan fingerprint density at radius 1 is 1.12 bits per heavy atom. The summed E-state index contributed by atoms with van der Waals surface area (Å²) in [6.45, 7) is 4.12. The summed E-state index contributed by atoms with van der Waals surface area (Å²) >= 11 is 0. The van der Waals surface area contributed by atoms with Crippen LogP contribution < -0.4 is 5.69 Å². The van der Waals surface area contributed by atoms with E-state index in [9.17, 15) is 23.2 Å². The minimum Gasteiger partial charge on any atom is -0.320 e. The van der Waals surface area contributed by atoms with Gasteiger partial charge in [0.2, 0.25) is 0 Å². The van der Waals surface area contributed by atoms with Crippen LogP contribution in [0.1, 0.15) is 73.0 Å². The molecule has 1 aromatic carbocycles. The van der Waals surface area contributed by atoms with Crippen molar-refractivity contribution in [3.05, 3.63) is 81.5 Å². The molecule has 2 fully saturated rings. The monoisotopic (exact) mass is 563 g/mol. The van der Waals surface area contributed by atoms with E-state index in [1.807, 2.05) is 11.6 Å². The highest BCUT2D eigenvalue weighted by molar-refractivity contribution is 5.58. The third-order valence-electron chi connectivity index (χ3n) is 8.63. The highest BCUT2D eigenvalue weighted by Gasteiger charge is 2.36. The summed E-state index contributed by atoms with van der Waals surface area (Å²) in [5.41, 5.74) is 0.223. The molecule has 3 aromatic heterocycles. The molecule has 41 heavy (non-hydrogen) atoms. The fourth-order valence-electron chi connectivity index (χ4n) is 6.43. The first-order valence-electron chi connectivity index (χ1n) is 14.1. The number of aryl methyl sites for hydroxylation is 1. The molecular weight excluding hydrogens is 531 g/mol. The number of halogens is 3. The first-order chi connectivity index (χ1) is 19.6. The van der Waals surface area contributed by atoms with Crippen LogP contribution in [0.2, 0.25) is 0 Å². The molecule has 0 spiro atoms. The molecule has 0 bridgehead atoms. The number of nitriles is 1. The van der Waals surface area contributed by atoms with Gasteiger partial charge < -0.3 is 4.57 Å². The van der Waals surface area contributed by atoms with Crippen LogP contribution >= 0.6 is 0 Å². The molecule has 1 saturated heterocycles. The maximum absolute atomic E-state index is 14.3. The number of piperidine rings is 1. The second-order valence-electron chi connectivity index (χ2n) is 11.7. The predicted octanol–water partition coefficient (Wildman–Crippen LogP) is 5.27. The maximum atomic E-state index is 14.3. The summed E-state index contributed by atoms with van der Waals surface area (Å²) in [6, 6.07) is 8.44. The van der Waals surface area contributed by atoms with Crippen molar-refractivity contribution in [2.75, 3.05) is 13.1 Å². The van der Waals surface area contributed by atoms with E-state index >= 15 is 0 Å². The Morgan fingerprint density at radius 3 is 2.56 bits per heavy atom. The molecule has 1 aliphatic carbocycles. The Bertz CT molecular complexity index is 1690. The number of aromatic nitrogens is 5. The molecule has 1 aliphatic heterocycles. The second kappa shape index (κ2) is 10.5. The van der Waals surface area contributed by atoms with Crippen molar-refractivity contribution in [1.82, 2.24) is 28.6 Å². The van der Waals surface area contributed by atoms with Crippen molar-refractivity contribution in [3.63, 3.8) is 0 Å². The Labute approximate surface area is 235 Å². The molecule has 2 atom stereocenters. The third-order valence-corrected chi connectivity index (χ3v) is 8.63. The van der Waals surface area contributed by atoms with Crippen molar-refractivity contribution in [2.24, 2.45) is 18.9 Å². The highest BCUT2D eigenvalue weighted by Crippen LogP contribution is 2.43. The molecule has 8 nitrogen and oxygen atoms in total. The van der Waals surface area contributed by atoms with Crippen molar-refractivity contribution in [2.45, 2.75) is 57.7 Å². The number of likely N-dealkylation sites (tertiary alicyclic amines) is 1. The lowest BCUT2D eigenvalue weighted by molar-refractivity contribution is -0.136. The number of fused-ring (bicyclic) bond motifs is 1. The lowest BCUT2D eigenvalue weighted by atomic mass is 9.72. The lowest BCUT2D eigenvalue weighted by Crippen LogP contribution is -2.34. The van der Waals surface area contributed by atoms with Gasteiger partial charge in [-0.05, 0) is 79.5 Å². The summed E-state index contributed by atoms with van der Waals surface area (Å²) in [6.07, 6.45) is 4.92. The number of hydrogen-bond donors (Lipinski definition) is 0. The van der Waals surface area contributed by atoms with E-state index in [2.05, 4.69) is 28.1 Å². The smallest absolute Gasteiger partial charge is 0.320 e. The minimum atomic E-state index is -4.64. The molecule has 214 valence electrons. The minimum absolute atomic E-state index is 0.152. The molecular formula is C30H32F3N7O. The molecule has 4 aromatic rings. The molecule has 11 heteroatoms. The third kappa shape index (κ3) is 5.17. The van der Waals surface area contributed by atoms with E-state index in [4.69, 9.17) is 0 Å². The van der Waals surface area contributed by atoms with Crippen LogP contribution in [-0.2, 0) is 19.8 Å². The van der Waals surface area contributed by atoms with Crippen molar-refractivity contribution < 1.29 is 13.2 Å². The number of nitrogens with zero attached hydrogens (tertiary/aromatic N) is 7. The quantitative estimate of drug-likeness (QED) is 0.319. The van der Waals surface area contributed by atoms with Crippen LogP contribution in [0.15, 0.2) is 47.8 Å². The van der Waals surface area contributed by atoms with Gasteiger partial charge in [-0.15, -0.1) is 10.2 Å². The Balaban J connectivity index is 1.47. The van der Waals surface area contributed by atoms with Crippen molar-refractivity contribution in [1.29, 1.82) is 5.26 Å². The van der Waals surface area contributed by atoms with Crippen LogP contribution in [-0.4, -0.2) is 41.7 Å². The number of imidazole rings is 1. The highest BCUT2D eigenvalue weighted by atomic mass is 19.4. The van der Waals surface area contributed by atoms with Crippen molar-refractivity contribution in [3.8, 4) is 11.8 Å². The molecule has 1 unspecified atom stereocenters. The van der Waals surface area contributed by atoms with Crippen LogP contribution in [0.3, 0.4) is 0 Å². The van der Waals surface area contributed by atoms with E-state index in [1.54, 1.807) is 24.5 Å². The average molecular weight is 564 g/mol. The molecule has 0 N–H and O–H groups in total. The normalized spacial score (nSPS) is 19.3. The van der Waals surface area contributed by atoms with E-state index in [0.29, 0.717) is 35.2 Å². The van der Waals surface area contributed by atoms with Gasteiger partial charge in [0.05, 0.1) is 28.4 Å². The number of hydrogen-bond acceptors (Lipinski definition) is 5. The van der Waals surface area contributed by atoms with Gasteiger partial charge in [-0.2, -0.15) is 18.4 Å². The molecule has 0 radical (unpaired) electrons. The van der Waals surface area contributed by atoms with Gasteiger partial charge in [-0.3, -0.25) is 13.9 Å². The average Bonchev–Trinajstić information content (AvgIpc) is 3.47. The Morgan fingerprint density at radius 2 is 1.93 bits per heavy atom. The van der Waals surface area contributed by atoms with Gasteiger partial charge in [0.1, 0.15) is 12.2 Å². The van der Waals surface area contributed by atoms with E-state index in [0.717, 1.165) is 67.0 Å². The van der Waals surface area contributed by atoms with E-state index in [-0.39, 0.29) is 11.4 Å². The standard InChI is InChI=1S/C30H32F3N7O/c1-19-5-4-8-38(14-19)15-21-11-25(30(31,32)33)26-17-39(29(41)40(26)16-21)24-10-20(13-34)9-23(12-24)27(22-6-3-7-22)28-36-35-18-37(28)2/h9-12,16-19,22,27H,3-8,14-15H2,1-2H3/t19-,27?/m0/s1. The number of rotatable bonds is 6. The van der Waals surface area contributed by atoms with E-state index < -0.39 is 17.4 Å². The van der Waals surface area contributed by atoms with Crippen LogP contribution in [0, 0.1) is 23.2 Å². The Hall–Kier alpha value is -3.91. The fourth-order valence-corrected chi connectivity index (χ4v) is 6.43. The largest absolute Gasteiger partial charge is 0.418 e. The molecule has 0 amide bonds. The second-order valence-corrected chi connectivity index (χ2v) is 11.7. The van der Waals surface area contributed by atoms with Gasteiger partial charge in [0.15, 0.2) is 0 Å². The zero-order chi connectivity index (χ0) is 28.9. The molecule has 4 heterocycles. The summed E-state index contributed by atoms with van der Waals surface area (Å²) < 4.78 is 47.1. The SMILES string of the molecule is C[C@H]1CCCN(Cc2cc(C(F)(F)F)c3cn(-c4cc(C#N)cc(C(c5nncn5C)C5CCC5)c4)c(=O)n3c2)C1. The summed E-state index contributed by atoms with van der Waals surface area (Å²) in [5, 5.41) is 18.2. The lowest BCUT2D eigenvalue weighted by Gasteiger charge is -2.33. The van der Waals surface area contributed by atoms with Gasteiger partial charge in [-0.25, -0.2) is 4.79 Å². The Kier molecular flexibility index (Phi) is 6.98. The maximum Gasteiger partial charge on any atom is 0.418 e. The van der Waals surface area contributed by atoms with Crippen LogP contribution in [0.25, 0.3) is 11.2 Å².